The smallest absolute Gasteiger partial charge is 0.275 e. The molecular weight excluding hydrogens is 370 g/mol. The molecule has 0 bridgehead atoms. The molecule has 6 N–H and O–H groups in total. The Kier molecular flexibility index (Phi) is 5.71. The molecule has 0 aliphatic carbocycles. The van der Waals surface area contributed by atoms with E-state index < -0.39 is 5.91 Å². The number of hydrazine groups is 1. The number of carbonyl (C=O) groups excluding carboxylic acids is 2. The number of amides is 2. The summed E-state index contributed by atoms with van der Waals surface area (Å²) in [6.45, 7) is 7.48. The monoisotopic (exact) mass is 397 g/mol. The summed E-state index contributed by atoms with van der Waals surface area (Å²) in [6.07, 6.45) is 5.62. The first-order chi connectivity index (χ1) is 13.8. The van der Waals surface area contributed by atoms with Crippen molar-refractivity contribution in [1.29, 1.82) is 0 Å². The van der Waals surface area contributed by atoms with Gasteiger partial charge >= 0.3 is 0 Å². The quantitative estimate of drug-likeness (QED) is 0.517. The van der Waals surface area contributed by atoms with Crippen molar-refractivity contribution >= 4 is 28.8 Å². The van der Waals surface area contributed by atoms with Crippen LogP contribution >= 0.6 is 0 Å². The molecule has 29 heavy (non-hydrogen) atoms. The zero-order valence-electron chi connectivity index (χ0n) is 16.9. The number of rotatable bonds is 7. The normalized spacial score (nSPS) is 15.9. The molecule has 0 saturated carbocycles. The molecule has 1 aromatic carbocycles. The molecule has 154 valence electrons. The number of carbonyl (C=O) groups is 2. The molecule has 0 unspecified atom stereocenters. The molecule has 9 heteroatoms. The summed E-state index contributed by atoms with van der Waals surface area (Å²) in [6, 6.07) is 5.03. The van der Waals surface area contributed by atoms with Gasteiger partial charge in [-0.05, 0) is 45.0 Å². The third-order valence-corrected chi connectivity index (χ3v) is 4.61. The number of benzene rings is 1. The maximum absolute atomic E-state index is 13.0. The molecule has 2 heterocycles. The van der Waals surface area contributed by atoms with Crippen molar-refractivity contribution in [2.75, 3.05) is 18.4 Å². The van der Waals surface area contributed by atoms with E-state index in [1.807, 2.05) is 48.6 Å². The number of nitrogens with zero attached hydrogens (tertiary/aromatic N) is 3. The zero-order valence-corrected chi connectivity index (χ0v) is 16.9. The number of nitrogens with one attached hydrogen (secondary N) is 2. The van der Waals surface area contributed by atoms with Crippen LogP contribution in [0.5, 0.6) is 0 Å². The molecule has 1 aliphatic rings. The van der Waals surface area contributed by atoms with E-state index in [2.05, 4.69) is 15.7 Å². The Morgan fingerprint density at radius 1 is 1.31 bits per heavy atom. The number of nitrogens with two attached hydrogens (primary N) is 2. The van der Waals surface area contributed by atoms with Gasteiger partial charge in [0.1, 0.15) is 5.70 Å². The number of allylic oxidation sites excluding steroid dienone is 1. The first kappa shape index (κ1) is 20.6. The summed E-state index contributed by atoms with van der Waals surface area (Å²) in [7, 11) is 0. The molecule has 3 rings (SSSR count). The lowest BCUT2D eigenvalue weighted by Gasteiger charge is -2.24. The highest BCUT2D eigenvalue weighted by atomic mass is 16.2. The minimum Gasteiger partial charge on any atom is -0.366 e. The van der Waals surface area contributed by atoms with Crippen molar-refractivity contribution < 1.29 is 9.59 Å². The Balaban J connectivity index is 1.98. The molecule has 1 aromatic heterocycles. The maximum atomic E-state index is 13.0. The molecule has 9 nitrogen and oxygen atoms in total. The van der Waals surface area contributed by atoms with Crippen molar-refractivity contribution in [1.82, 2.24) is 20.0 Å². The van der Waals surface area contributed by atoms with Gasteiger partial charge in [0.2, 0.25) is 11.9 Å². The van der Waals surface area contributed by atoms with Crippen molar-refractivity contribution in [2.24, 2.45) is 11.5 Å². The Hall–Kier alpha value is -3.17. The van der Waals surface area contributed by atoms with Crippen molar-refractivity contribution in [3.8, 4) is 0 Å². The van der Waals surface area contributed by atoms with E-state index in [0.717, 1.165) is 5.52 Å². The average molecular weight is 397 g/mol. The fraction of sp³-hybridized carbons (Fsp3) is 0.350. The summed E-state index contributed by atoms with van der Waals surface area (Å²) in [5.41, 5.74) is 16.1. The molecule has 2 amide bonds. The van der Waals surface area contributed by atoms with E-state index in [0.29, 0.717) is 42.4 Å². The number of hydrogen-bond donors (Lipinski definition) is 4. The van der Waals surface area contributed by atoms with Crippen LogP contribution in [0.25, 0.3) is 11.0 Å². The van der Waals surface area contributed by atoms with Gasteiger partial charge in [-0.15, -0.1) is 0 Å². The first-order valence-electron chi connectivity index (χ1n) is 9.50. The number of primary amides is 1. The SMILES string of the molecule is CCN1NC(C)(C)C=C1C(=O)Nc1nc2cc(C(N)=O)ccc2n1C/C=C/CN. The summed E-state index contributed by atoms with van der Waals surface area (Å²) < 4.78 is 1.86. The van der Waals surface area contributed by atoms with E-state index >= 15 is 0 Å². The lowest BCUT2D eigenvalue weighted by Crippen LogP contribution is -2.44. The second-order valence-electron chi connectivity index (χ2n) is 7.38. The van der Waals surface area contributed by atoms with Crippen LogP contribution in [-0.4, -0.2) is 45.0 Å². The molecule has 1 aliphatic heterocycles. The van der Waals surface area contributed by atoms with Gasteiger partial charge in [-0.25, -0.2) is 10.4 Å². The molecular formula is C20H27N7O2. The van der Waals surface area contributed by atoms with Crippen LogP contribution in [0.2, 0.25) is 0 Å². The fourth-order valence-corrected chi connectivity index (χ4v) is 3.30. The van der Waals surface area contributed by atoms with Gasteiger partial charge in [0.25, 0.3) is 5.91 Å². The van der Waals surface area contributed by atoms with Crippen LogP contribution in [0.1, 0.15) is 31.1 Å². The number of fused-ring (bicyclic) bond motifs is 1. The summed E-state index contributed by atoms with van der Waals surface area (Å²) >= 11 is 0. The number of imidazole rings is 1. The minimum atomic E-state index is -0.530. The highest BCUT2D eigenvalue weighted by Crippen LogP contribution is 2.24. The number of anilines is 1. The van der Waals surface area contributed by atoms with Crippen LogP contribution in [0, 0.1) is 0 Å². The van der Waals surface area contributed by atoms with Crippen LogP contribution in [0.3, 0.4) is 0 Å². The van der Waals surface area contributed by atoms with E-state index in [4.69, 9.17) is 11.5 Å². The van der Waals surface area contributed by atoms with Crippen LogP contribution in [-0.2, 0) is 11.3 Å². The highest BCUT2D eigenvalue weighted by Gasteiger charge is 2.32. The third kappa shape index (κ3) is 4.30. The van der Waals surface area contributed by atoms with Gasteiger partial charge in [0.15, 0.2) is 0 Å². The Morgan fingerprint density at radius 3 is 2.72 bits per heavy atom. The van der Waals surface area contributed by atoms with E-state index in [1.165, 1.54) is 0 Å². The Bertz CT molecular complexity index is 1000. The van der Waals surface area contributed by atoms with E-state index in [1.54, 1.807) is 18.2 Å². The minimum absolute atomic E-state index is 0.264. The number of hydrogen-bond acceptors (Lipinski definition) is 6. The van der Waals surface area contributed by atoms with Crippen LogP contribution < -0.4 is 22.2 Å². The lowest BCUT2D eigenvalue weighted by molar-refractivity contribution is -0.114. The van der Waals surface area contributed by atoms with Gasteiger partial charge in [-0.2, -0.15) is 0 Å². The second-order valence-corrected chi connectivity index (χ2v) is 7.38. The molecule has 2 aromatic rings. The van der Waals surface area contributed by atoms with Crippen LogP contribution in [0.4, 0.5) is 5.95 Å². The number of aromatic nitrogens is 2. The summed E-state index contributed by atoms with van der Waals surface area (Å²) in [4.78, 5) is 29.0. The lowest BCUT2D eigenvalue weighted by atomic mass is 10.1. The van der Waals surface area contributed by atoms with Crippen molar-refractivity contribution in [2.45, 2.75) is 32.9 Å². The van der Waals surface area contributed by atoms with Gasteiger partial charge in [-0.1, -0.05) is 12.2 Å². The molecule has 0 atom stereocenters. The van der Waals surface area contributed by atoms with Crippen molar-refractivity contribution in [3.63, 3.8) is 0 Å². The largest absolute Gasteiger partial charge is 0.366 e. The maximum Gasteiger partial charge on any atom is 0.275 e. The Morgan fingerprint density at radius 2 is 2.07 bits per heavy atom. The number of likely N-dealkylation sites (N-methyl/N-ethyl adjacent to an activating group) is 1. The fourth-order valence-electron chi connectivity index (χ4n) is 3.30. The summed E-state index contributed by atoms with van der Waals surface area (Å²) in [5.74, 6) is -0.410. The second kappa shape index (κ2) is 8.06. The zero-order chi connectivity index (χ0) is 21.2. The summed E-state index contributed by atoms with van der Waals surface area (Å²) in [5, 5.41) is 4.71. The van der Waals surface area contributed by atoms with E-state index in [9.17, 15) is 9.59 Å². The molecule has 0 spiro atoms. The van der Waals surface area contributed by atoms with E-state index in [-0.39, 0.29) is 11.4 Å². The van der Waals surface area contributed by atoms with Gasteiger partial charge in [0, 0.05) is 25.2 Å². The topological polar surface area (TPSA) is 131 Å². The molecule has 0 fully saturated rings. The standard InChI is InChI=1S/C20H27N7O2/c1-4-27-16(12-20(2,3)25-27)18(29)24-19-23-14-11-13(17(22)28)7-8-15(14)26(19)10-6-5-9-21/h5-8,11-12,25H,4,9-10,21H2,1-3H3,(H2,22,28)(H,23,24,29)/b6-5+. The third-order valence-electron chi connectivity index (χ3n) is 4.61. The van der Waals surface area contributed by atoms with Crippen LogP contribution in [0.15, 0.2) is 42.1 Å². The van der Waals surface area contributed by atoms with Gasteiger partial charge in [-0.3, -0.25) is 14.9 Å². The predicted molar refractivity (Wildman–Crippen MR) is 113 cm³/mol. The Labute approximate surface area is 169 Å². The van der Waals surface area contributed by atoms with Gasteiger partial charge in [0.05, 0.1) is 16.6 Å². The first-order valence-corrected chi connectivity index (χ1v) is 9.50. The van der Waals surface area contributed by atoms with Gasteiger partial charge < -0.3 is 21.0 Å². The average Bonchev–Trinajstić information content (AvgIpc) is 3.17. The molecule has 0 radical (unpaired) electrons. The predicted octanol–water partition coefficient (Wildman–Crippen LogP) is 1.09. The molecule has 0 saturated heterocycles. The van der Waals surface area contributed by atoms with Crippen molar-refractivity contribution in [3.05, 3.63) is 47.7 Å². The highest BCUT2D eigenvalue weighted by molar-refractivity contribution is 6.04.